The van der Waals surface area contributed by atoms with Crippen molar-refractivity contribution in [1.82, 2.24) is 9.97 Å². The molecule has 4 rings (SSSR count). The largest absolute Gasteiger partial charge is 0.483 e. The number of thiazole rings is 1. The van der Waals surface area contributed by atoms with Gasteiger partial charge in [0, 0.05) is 17.0 Å². The molecule has 1 unspecified atom stereocenters. The van der Waals surface area contributed by atoms with Crippen molar-refractivity contribution in [2.45, 2.75) is 19.8 Å². The van der Waals surface area contributed by atoms with Gasteiger partial charge in [-0.1, -0.05) is 31.2 Å². The van der Waals surface area contributed by atoms with E-state index in [9.17, 15) is 4.79 Å². The minimum atomic E-state index is -0.235. The average molecular weight is 391 g/mol. The van der Waals surface area contributed by atoms with Gasteiger partial charge in [0.25, 0.3) is 5.91 Å². The van der Waals surface area contributed by atoms with Gasteiger partial charge in [-0.2, -0.15) is 0 Å². The molecule has 0 saturated carbocycles. The average Bonchev–Trinajstić information content (AvgIpc) is 3.20. The second-order valence-electron chi connectivity index (χ2n) is 6.62. The maximum Gasteiger partial charge on any atom is 0.264 e. The van der Waals surface area contributed by atoms with Crippen LogP contribution in [-0.2, 0) is 4.79 Å². The lowest BCUT2D eigenvalue weighted by atomic mass is 9.94. The molecule has 5 nitrogen and oxygen atoms in total. The van der Waals surface area contributed by atoms with E-state index in [4.69, 9.17) is 4.74 Å². The zero-order valence-corrected chi connectivity index (χ0v) is 16.4. The summed E-state index contributed by atoms with van der Waals surface area (Å²) in [5, 5.41) is 6.25. The zero-order valence-electron chi connectivity index (χ0n) is 15.6. The van der Waals surface area contributed by atoms with Gasteiger partial charge >= 0.3 is 0 Å². The van der Waals surface area contributed by atoms with Crippen molar-refractivity contribution in [2.75, 3.05) is 11.9 Å². The second kappa shape index (κ2) is 8.35. The van der Waals surface area contributed by atoms with Gasteiger partial charge in [0.1, 0.15) is 5.75 Å². The number of hydrogen-bond acceptors (Lipinski definition) is 5. The van der Waals surface area contributed by atoms with Crippen LogP contribution >= 0.6 is 11.3 Å². The Morgan fingerprint density at radius 2 is 2.25 bits per heavy atom. The summed E-state index contributed by atoms with van der Waals surface area (Å²) in [4.78, 5) is 21.1. The van der Waals surface area contributed by atoms with E-state index in [1.165, 1.54) is 11.3 Å². The highest BCUT2D eigenvalue weighted by Crippen LogP contribution is 2.28. The number of allylic oxidation sites excluding steroid dienone is 4. The number of benzene rings is 1. The predicted molar refractivity (Wildman–Crippen MR) is 113 cm³/mol. The van der Waals surface area contributed by atoms with E-state index in [0.717, 1.165) is 35.0 Å². The fourth-order valence-electron chi connectivity index (χ4n) is 3.12. The van der Waals surface area contributed by atoms with Gasteiger partial charge in [0.15, 0.2) is 11.7 Å². The van der Waals surface area contributed by atoms with Crippen molar-refractivity contribution in [2.24, 2.45) is 5.92 Å². The number of hydrogen-bond donors (Lipinski definition) is 1. The van der Waals surface area contributed by atoms with Gasteiger partial charge in [-0.3, -0.25) is 15.1 Å². The molecule has 1 aromatic carbocycles. The van der Waals surface area contributed by atoms with Crippen LogP contribution in [0.4, 0.5) is 5.13 Å². The fraction of sp³-hybridized carbons (Fsp3) is 0.227. The molecule has 0 fully saturated rings. The van der Waals surface area contributed by atoms with Crippen LogP contribution in [0, 0.1) is 5.92 Å². The fourth-order valence-corrected chi connectivity index (χ4v) is 3.86. The Hall–Kier alpha value is -2.99. The molecule has 28 heavy (non-hydrogen) atoms. The minimum Gasteiger partial charge on any atom is -0.483 e. The van der Waals surface area contributed by atoms with E-state index >= 15 is 0 Å². The summed E-state index contributed by atoms with van der Waals surface area (Å²) in [6, 6.07) is 9.39. The number of fused-ring (bicyclic) bond motifs is 1. The van der Waals surface area contributed by atoms with E-state index < -0.39 is 0 Å². The van der Waals surface area contributed by atoms with Crippen LogP contribution in [0.3, 0.4) is 0 Å². The minimum absolute atomic E-state index is 0.0797. The predicted octanol–water partition coefficient (Wildman–Crippen LogP) is 5.08. The van der Waals surface area contributed by atoms with Crippen molar-refractivity contribution in [1.29, 1.82) is 0 Å². The molecule has 1 atom stereocenters. The quantitative estimate of drug-likeness (QED) is 0.636. The highest BCUT2D eigenvalue weighted by molar-refractivity contribution is 7.14. The van der Waals surface area contributed by atoms with Gasteiger partial charge in [-0.25, -0.2) is 4.98 Å². The number of rotatable bonds is 6. The summed E-state index contributed by atoms with van der Waals surface area (Å²) in [6.45, 7) is 2.12. The molecule has 2 heterocycles. The first-order valence-corrected chi connectivity index (χ1v) is 10.2. The van der Waals surface area contributed by atoms with Gasteiger partial charge in [0.2, 0.25) is 0 Å². The first-order valence-electron chi connectivity index (χ1n) is 9.33. The number of nitrogens with one attached hydrogen (secondary N) is 1. The van der Waals surface area contributed by atoms with E-state index in [1.54, 1.807) is 6.20 Å². The number of nitrogens with zero attached hydrogens (tertiary/aromatic N) is 2. The first-order chi connectivity index (χ1) is 13.7. The summed E-state index contributed by atoms with van der Waals surface area (Å²) in [6.07, 6.45) is 10.5. The van der Waals surface area contributed by atoms with Crippen LogP contribution in [0.5, 0.6) is 5.75 Å². The van der Waals surface area contributed by atoms with E-state index in [1.807, 2.05) is 35.7 Å². The SMILES string of the molecule is CCC1C=CC(c2csc(NC(=O)COc3cccc4ncccc34)n2)=CC1. The molecule has 142 valence electrons. The topological polar surface area (TPSA) is 64.1 Å². The maximum absolute atomic E-state index is 12.3. The lowest BCUT2D eigenvalue weighted by Crippen LogP contribution is -2.20. The molecule has 0 spiro atoms. The second-order valence-corrected chi connectivity index (χ2v) is 7.48. The van der Waals surface area contributed by atoms with Gasteiger partial charge in [-0.05, 0) is 48.6 Å². The number of pyridine rings is 1. The standard InChI is InChI=1S/C22H21N3O2S/c1-2-15-8-10-16(11-9-15)19-14-28-22(24-19)25-21(26)13-27-20-7-3-6-18-17(20)5-4-12-23-18/h3-8,10-12,14-15H,2,9,13H2,1H3,(H,24,25,26). The summed E-state index contributed by atoms with van der Waals surface area (Å²) >= 11 is 1.42. The first kappa shape index (κ1) is 18.4. The molecule has 6 heteroatoms. The molecule has 0 bridgehead atoms. The van der Waals surface area contributed by atoms with Crippen molar-refractivity contribution < 1.29 is 9.53 Å². The van der Waals surface area contributed by atoms with Crippen LogP contribution in [0.15, 0.2) is 60.1 Å². The maximum atomic E-state index is 12.3. The van der Waals surface area contributed by atoms with Crippen LogP contribution < -0.4 is 10.1 Å². The van der Waals surface area contributed by atoms with Crippen LogP contribution in [-0.4, -0.2) is 22.5 Å². The molecule has 2 aromatic heterocycles. The Balaban J connectivity index is 1.36. The van der Waals surface area contributed by atoms with Crippen molar-refractivity contribution in [3.05, 3.63) is 65.8 Å². The Bertz CT molecular complexity index is 1050. The van der Waals surface area contributed by atoms with Crippen LogP contribution in [0.1, 0.15) is 25.5 Å². The Kier molecular flexibility index (Phi) is 5.48. The summed E-state index contributed by atoms with van der Waals surface area (Å²) in [7, 11) is 0. The number of carbonyl (C=O) groups is 1. The lowest BCUT2D eigenvalue weighted by molar-refractivity contribution is -0.118. The number of ether oxygens (including phenoxy) is 1. The van der Waals surface area contributed by atoms with E-state index in [-0.39, 0.29) is 12.5 Å². The third-order valence-corrected chi connectivity index (χ3v) is 5.48. The van der Waals surface area contributed by atoms with Gasteiger partial charge in [-0.15, -0.1) is 11.3 Å². The van der Waals surface area contributed by atoms with E-state index in [2.05, 4.69) is 40.4 Å². The zero-order chi connectivity index (χ0) is 19.3. The number of amides is 1. The Morgan fingerprint density at radius 1 is 1.32 bits per heavy atom. The summed E-state index contributed by atoms with van der Waals surface area (Å²) in [5.74, 6) is 1.02. The molecule has 1 aliphatic carbocycles. The molecule has 0 saturated heterocycles. The van der Waals surface area contributed by atoms with Crippen molar-refractivity contribution in [3.8, 4) is 5.75 Å². The van der Waals surface area contributed by atoms with Crippen molar-refractivity contribution >= 4 is 38.9 Å². The molecule has 3 aromatic rings. The smallest absolute Gasteiger partial charge is 0.264 e. The molecule has 1 amide bonds. The normalized spacial score (nSPS) is 16.0. The summed E-state index contributed by atoms with van der Waals surface area (Å²) in [5.41, 5.74) is 2.84. The summed E-state index contributed by atoms with van der Waals surface area (Å²) < 4.78 is 5.70. The molecule has 1 aliphatic rings. The third kappa shape index (κ3) is 4.12. The molecule has 1 N–H and O–H groups in total. The Morgan fingerprint density at radius 3 is 3.07 bits per heavy atom. The number of anilines is 1. The monoisotopic (exact) mass is 391 g/mol. The third-order valence-electron chi connectivity index (χ3n) is 4.72. The Labute approximate surface area is 167 Å². The van der Waals surface area contributed by atoms with Crippen LogP contribution in [0.2, 0.25) is 0 Å². The van der Waals surface area contributed by atoms with Crippen LogP contribution in [0.25, 0.3) is 16.5 Å². The van der Waals surface area contributed by atoms with Gasteiger partial charge in [0.05, 0.1) is 11.2 Å². The highest BCUT2D eigenvalue weighted by atomic mass is 32.1. The molecular weight excluding hydrogens is 370 g/mol. The number of carbonyl (C=O) groups excluding carboxylic acids is 1. The molecule has 0 radical (unpaired) electrons. The highest BCUT2D eigenvalue weighted by Gasteiger charge is 2.13. The lowest BCUT2D eigenvalue weighted by Gasteiger charge is -2.12. The number of aromatic nitrogens is 2. The van der Waals surface area contributed by atoms with Crippen molar-refractivity contribution in [3.63, 3.8) is 0 Å². The molecule has 0 aliphatic heterocycles. The van der Waals surface area contributed by atoms with Gasteiger partial charge < -0.3 is 4.74 Å². The molecular formula is C22H21N3O2S. The van der Waals surface area contributed by atoms with E-state index in [0.29, 0.717) is 16.8 Å².